The molecule has 1 amide bonds. The third-order valence-corrected chi connectivity index (χ3v) is 2.81. The van der Waals surface area contributed by atoms with E-state index in [1.165, 1.54) is 4.68 Å². The molecule has 0 unspecified atom stereocenters. The Kier molecular flexibility index (Phi) is 3.41. The van der Waals surface area contributed by atoms with Crippen molar-refractivity contribution in [2.75, 3.05) is 5.32 Å². The summed E-state index contributed by atoms with van der Waals surface area (Å²) in [6.45, 7) is 4.04. The number of anilines is 1. The standard InChI is InChI=1S/C13H16N4O/c1-4-10-7-5-6-9(2)12(10)14-13(18)11-8-17(3)16-15-11/h5-8H,4H2,1-3H3,(H,14,18). The second kappa shape index (κ2) is 5.00. The van der Waals surface area contributed by atoms with Crippen molar-refractivity contribution in [3.8, 4) is 0 Å². The topological polar surface area (TPSA) is 59.8 Å². The first-order chi connectivity index (χ1) is 8.61. The van der Waals surface area contributed by atoms with Crippen LogP contribution in [0.4, 0.5) is 5.69 Å². The minimum Gasteiger partial charge on any atom is -0.320 e. The summed E-state index contributed by atoms with van der Waals surface area (Å²) in [4.78, 5) is 12.0. The highest BCUT2D eigenvalue weighted by Crippen LogP contribution is 2.21. The third-order valence-electron chi connectivity index (χ3n) is 2.81. The van der Waals surface area contributed by atoms with Gasteiger partial charge in [0.1, 0.15) is 0 Å². The van der Waals surface area contributed by atoms with Gasteiger partial charge in [-0.05, 0) is 24.5 Å². The van der Waals surface area contributed by atoms with E-state index in [4.69, 9.17) is 0 Å². The van der Waals surface area contributed by atoms with Gasteiger partial charge >= 0.3 is 0 Å². The highest BCUT2D eigenvalue weighted by Gasteiger charge is 2.13. The fourth-order valence-corrected chi connectivity index (χ4v) is 1.83. The first kappa shape index (κ1) is 12.3. The Morgan fingerprint density at radius 2 is 2.22 bits per heavy atom. The molecule has 2 rings (SSSR count). The molecule has 0 aliphatic heterocycles. The molecule has 5 nitrogen and oxygen atoms in total. The lowest BCUT2D eigenvalue weighted by atomic mass is 10.1. The fourth-order valence-electron chi connectivity index (χ4n) is 1.83. The quantitative estimate of drug-likeness (QED) is 0.897. The zero-order valence-corrected chi connectivity index (χ0v) is 10.8. The van der Waals surface area contributed by atoms with Crippen LogP contribution in [0.1, 0.15) is 28.5 Å². The summed E-state index contributed by atoms with van der Waals surface area (Å²) in [6, 6.07) is 5.98. The normalized spacial score (nSPS) is 10.4. The van der Waals surface area contributed by atoms with Crippen LogP contribution >= 0.6 is 0 Å². The summed E-state index contributed by atoms with van der Waals surface area (Å²) in [5.41, 5.74) is 3.36. The molecule has 18 heavy (non-hydrogen) atoms. The lowest BCUT2D eigenvalue weighted by Gasteiger charge is -2.11. The van der Waals surface area contributed by atoms with Gasteiger partial charge < -0.3 is 5.32 Å². The molecule has 1 aromatic heterocycles. The number of carbonyl (C=O) groups excluding carboxylic acids is 1. The maximum atomic E-state index is 12.0. The molecule has 0 atom stereocenters. The first-order valence-corrected chi connectivity index (χ1v) is 5.88. The van der Waals surface area contributed by atoms with E-state index >= 15 is 0 Å². The van der Waals surface area contributed by atoms with Gasteiger partial charge in [-0.3, -0.25) is 9.48 Å². The number of nitrogens with zero attached hydrogens (tertiary/aromatic N) is 3. The largest absolute Gasteiger partial charge is 0.320 e. The predicted molar refractivity (Wildman–Crippen MR) is 69.5 cm³/mol. The zero-order chi connectivity index (χ0) is 13.1. The maximum absolute atomic E-state index is 12.0. The first-order valence-electron chi connectivity index (χ1n) is 5.88. The Balaban J connectivity index is 2.26. The molecule has 0 saturated carbocycles. The average molecular weight is 244 g/mol. The van der Waals surface area contributed by atoms with Crippen molar-refractivity contribution in [2.45, 2.75) is 20.3 Å². The Bertz CT molecular complexity index is 574. The van der Waals surface area contributed by atoms with Gasteiger partial charge in [0.2, 0.25) is 0 Å². The molecule has 0 aliphatic carbocycles. The Morgan fingerprint density at radius 1 is 1.44 bits per heavy atom. The van der Waals surface area contributed by atoms with Crippen LogP contribution in [0.25, 0.3) is 0 Å². The Labute approximate surface area is 106 Å². The molecule has 0 radical (unpaired) electrons. The minimum absolute atomic E-state index is 0.230. The Hall–Kier alpha value is -2.17. The number of hydrogen-bond acceptors (Lipinski definition) is 3. The third kappa shape index (κ3) is 2.40. The van der Waals surface area contributed by atoms with Crippen LogP contribution < -0.4 is 5.32 Å². The number of benzene rings is 1. The maximum Gasteiger partial charge on any atom is 0.277 e. The van der Waals surface area contributed by atoms with E-state index in [0.29, 0.717) is 5.69 Å². The SMILES string of the molecule is CCc1cccc(C)c1NC(=O)c1cn(C)nn1. The van der Waals surface area contributed by atoms with Crippen LogP contribution in [0.2, 0.25) is 0 Å². The van der Waals surface area contributed by atoms with Gasteiger partial charge in [-0.1, -0.05) is 30.3 Å². The van der Waals surface area contributed by atoms with Crippen LogP contribution in [0.15, 0.2) is 24.4 Å². The summed E-state index contributed by atoms with van der Waals surface area (Å²) in [5, 5.41) is 10.5. The zero-order valence-electron chi connectivity index (χ0n) is 10.8. The van der Waals surface area contributed by atoms with Gasteiger partial charge in [-0.25, -0.2) is 0 Å². The average Bonchev–Trinajstić information content (AvgIpc) is 2.78. The van der Waals surface area contributed by atoms with Gasteiger partial charge in [-0.15, -0.1) is 5.10 Å². The van der Waals surface area contributed by atoms with Gasteiger partial charge in [0, 0.05) is 12.7 Å². The van der Waals surface area contributed by atoms with Crippen LogP contribution in [-0.4, -0.2) is 20.9 Å². The monoisotopic (exact) mass is 244 g/mol. The molecule has 94 valence electrons. The highest BCUT2D eigenvalue weighted by atomic mass is 16.2. The smallest absolute Gasteiger partial charge is 0.277 e. The summed E-state index contributed by atoms with van der Waals surface area (Å²) in [7, 11) is 1.73. The molecular formula is C13H16N4O. The molecule has 5 heteroatoms. The van der Waals surface area contributed by atoms with Gasteiger partial charge in [0.15, 0.2) is 5.69 Å². The molecule has 0 bridgehead atoms. The molecule has 1 N–H and O–H groups in total. The number of hydrogen-bond donors (Lipinski definition) is 1. The van der Waals surface area contributed by atoms with Gasteiger partial charge in [0.25, 0.3) is 5.91 Å². The van der Waals surface area contributed by atoms with E-state index < -0.39 is 0 Å². The highest BCUT2D eigenvalue weighted by molar-refractivity contribution is 6.03. The lowest BCUT2D eigenvalue weighted by molar-refractivity contribution is 0.102. The molecule has 1 aromatic carbocycles. The van der Waals surface area contributed by atoms with Crippen molar-refractivity contribution in [1.82, 2.24) is 15.0 Å². The van der Waals surface area contributed by atoms with Crippen LogP contribution in [0, 0.1) is 6.92 Å². The molecule has 0 aliphatic rings. The second-order valence-electron chi connectivity index (χ2n) is 4.19. The predicted octanol–water partition coefficient (Wildman–Crippen LogP) is 1.94. The van der Waals surface area contributed by atoms with E-state index in [-0.39, 0.29) is 5.91 Å². The van der Waals surface area contributed by atoms with Crippen molar-refractivity contribution < 1.29 is 4.79 Å². The fraction of sp³-hybridized carbons (Fsp3) is 0.308. The van der Waals surface area contributed by atoms with Crippen LogP contribution in [0.5, 0.6) is 0 Å². The van der Waals surface area contributed by atoms with E-state index in [1.54, 1.807) is 13.2 Å². The lowest BCUT2D eigenvalue weighted by Crippen LogP contribution is -2.14. The Morgan fingerprint density at radius 3 is 2.83 bits per heavy atom. The van der Waals surface area contributed by atoms with Gasteiger partial charge in [0.05, 0.1) is 6.20 Å². The van der Waals surface area contributed by atoms with Crippen molar-refractivity contribution in [3.63, 3.8) is 0 Å². The number of nitrogens with one attached hydrogen (secondary N) is 1. The summed E-state index contributed by atoms with van der Waals surface area (Å²) in [5.74, 6) is -0.230. The van der Waals surface area contributed by atoms with Gasteiger partial charge in [-0.2, -0.15) is 0 Å². The molecule has 1 heterocycles. The number of aromatic nitrogens is 3. The summed E-state index contributed by atoms with van der Waals surface area (Å²) >= 11 is 0. The molecular weight excluding hydrogens is 228 g/mol. The number of rotatable bonds is 3. The number of carbonyl (C=O) groups is 1. The second-order valence-corrected chi connectivity index (χ2v) is 4.19. The van der Waals surface area contributed by atoms with E-state index in [2.05, 4.69) is 22.6 Å². The number of amides is 1. The number of aryl methyl sites for hydroxylation is 3. The van der Waals surface area contributed by atoms with E-state index in [0.717, 1.165) is 23.2 Å². The number of para-hydroxylation sites is 1. The van der Waals surface area contributed by atoms with Crippen LogP contribution in [-0.2, 0) is 13.5 Å². The van der Waals surface area contributed by atoms with Crippen molar-refractivity contribution >= 4 is 11.6 Å². The van der Waals surface area contributed by atoms with Crippen molar-refractivity contribution in [1.29, 1.82) is 0 Å². The van der Waals surface area contributed by atoms with E-state index in [1.807, 2.05) is 25.1 Å². The van der Waals surface area contributed by atoms with Crippen LogP contribution in [0.3, 0.4) is 0 Å². The summed E-state index contributed by atoms with van der Waals surface area (Å²) < 4.78 is 1.51. The molecule has 0 spiro atoms. The molecule has 0 saturated heterocycles. The molecule has 2 aromatic rings. The molecule has 0 fully saturated rings. The van der Waals surface area contributed by atoms with E-state index in [9.17, 15) is 4.79 Å². The minimum atomic E-state index is -0.230. The summed E-state index contributed by atoms with van der Waals surface area (Å²) in [6.07, 6.45) is 2.47. The van der Waals surface area contributed by atoms with Crippen molar-refractivity contribution in [2.24, 2.45) is 7.05 Å². The van der Waals surface area contributed by atoms with Crippen molar-refractivity contribution in [3.05, 3.63) is 41.2 Å².